The molecule has 1 saturated heterocycles. The van der Waals surface area contributed by atoms with E-state index in [-0.39, 0.29) is 5.75 Å². The molecule has 0 aliphatic carbocycles. The Bertz CT molecular complexity index is 1040. The lowest BCUT2D eigenvalue weighted by Gasteiger charge is -2.25. The quantitative estimate of drug-likeness (QED) is 0.482. The molecule has 0 radical (unpaired) electrons. The third-order valence-electron chi connectivity index (χ3n) is 5.18. The summed E-state index contributed by atoms with van der Waals surface area (Å²) in [5.74, 6) is 0.609. The van der Waals surface area contributed by atoms with Gasteiger partial charge >= 0.3 is 0 Å². The zero-order chi connectivity index (χ0) is 19.7. The number of phenols is 1. The predicted molar refractivity (Wildman–Crippen MR) is 113 cm³/mol. The van der Waals surface area contributed by atoms with Gasteiger partial charge in [-0.25, -0.2) is 0 Å². The molecule has 1 aromatic heterocycles. The Kier molecular flexibility index (Phi) is 4.79. The fourth-order valence-corrected chi connectivity index (χ4v) is 3.37. The molecule has 3 aromatic rings. The maximum Gasteiger partial charge on any atom is 0.125 e. The standard InChI is InChI=1S/C22H23N5O/c1-13-7-15(8-16(10-24-2)22(13)23)14-3-4-18(21(28)9-14)20-6-5-19(26-27-20)17-11-25-12-17/h3-10,17,25,28H,11-12,23H2,1-2H3. The zero-order valence-corrected chi connectivity index (χ0v) is 16.0. The lowest BCUT2D eigenvalue weighted by Crippen LogP contribution is -2.40. The van der Waals surface area contributed by atoms with Gasteiger partial charge in [0.15, 0.2) is 0 Å². The molecule has 0 saturated carbocycles. The number of aromatic nitrogens is 2. The van der Waals surface area contributed by atoms with E-state index in [2.05, 4.69) is 20.5 Å². The lowest BCUT2D eigenvalue weighted by atomic mass is 9.96. The van der Waals surface area contributed by atoms with E-state index in [1.54, 1.807) is 19.3 Å². The molecule has 0 unspecified atom stereocenters. The summed E-state index contributed by atoms with van der Waals surface area (Å²) in [5, 5.41) is 22.5. The average Bonchev–Trinajstić information content (AvgIpc) is 2.65. The molecule has 1 aliphatic heterocycles. The van der Waals surface area contributed by atoms with E-state index in [1.165, 1.54) is 0 Å². The van der Waals surface area contributed by atoms with Crippen LogP contribution in [-0.2, 0) is 0 Å². The van der Waals surface area contributed by atoms with Gasteiger partial charge in [0.1, 0.15) is 5.75 Å². The molecular weight excluding hydrogens is 350 g/mol. The number of nitrogens with two attached hydrogens (primary N) is 1. The molecule has 142 valence electrons. The van der Waals surface area contributed by atoms with Gasteiger partial charge in [-0.2, -0.15) is 10.2 Å². The van der Waals surface area contributed by atoms with Crippen molar-refractivity contribution < 1.29 is 5.11 Å². The van der Waals surface area contributed by atoms with E-state index in [1.807, 2.05) is 43.3 Å². The van der Waals surface area contributed by atoms with Crippen molar-refractivity contribution in [1.29, 1.82) is 0 Å². The van der Waals surface area contributed by atoms with E-state index in [4.69, 9.17) is 5.73 Å². The van der Waals surface area contributed by atoms with Crippen LogP contribution in [0.25, 0.3) is 22.4 Å². The van der Waals surface area contributed by atoms with Crippen molar-refractivity contribution in [2.24, 2.45) is 4.99 Å². The number of anilines is 1. The van der Waals surface area contributed by atoms with Crippen LogP contribution in [0.3, 0.4) is 0 Å². The molecule has 2 aromatic carbocycles. The molecular formula is C22H23N5O. The lowest BCUT2D eigenvalue weighted by molar-refractivity contribution is 0.436. The molecule has 4 N–H and O–H groups in total. The first kappa shape index (κ1) is 18.1. The van der Waals surface area contributed by atoms with Crippen LogP contribution in [0.1, 0.15) is 22.7 Å². The maximum absolute atomic E-state index is 10.6. The van der Waals surface area contributed by atoms with Crippen molar-refractivity contribution in [3.63, 3.8) is 0 Å². The van der Waals surface area contributed by atoms with Gasteiger partial charge in [0.05, 0.1) is 11.4 Å². The van der Waals surface area contributed by atoms with Gasteiger partial charge in [-0.05, 0) is 60.0 Å². The highest BCUT2D eigenvalue weighted by molar-refractivity contribution is 5.91. The SMILES string of the molecule is CN=Cc1cc(-c2ccc(-c3ccc(C4CNC4)nn3)c(O)c2)cc(C)c1N. The van der Waals surface area contributed by atoms with Crippen LogP contribution in [0, 0.1) is 6.92 Å². The van der Waals surface area contributed by atoms with Crippen LogP contribution in [0.2, 0.25) is 0 Å². The topological polar surface area (TPSA) is 96.4 Å². The Morgan fingerprint density at radius 3 is 2.54 bits per heavy atom. The number of hydrogen-bond donors (Lipinski definition) is 3. The fourth-order valence-electron chi connectivity index (χ4n) is 3.37. The normalized spacial score (nSPS) is 14.4. The summed E-state index contributed by atoms with van der Waals surface area (Å²) in [6, 6.07) is 13.5. The average molecular weight is 373 g/mol. The van der Waals surface area contributed by atoms with E-state index in [0.717, 1.165) is 41.0 Å². The van der Waals surface area contributed by atoms with Crippen molar-refractivity contribution in [3.05, 3.63) is 59.3 Å². The summed E-state index contributed by atoms with van der Waals surface area (Å²) < 4.78 is 0. The van der Waals surface area contributed by atoms with E-state index in [0.29, 0.717) is 22.9 Å². The Balaban J connectivity index is 1.66. The molecule has 1 aliphatic rings. The van der Waals surface area contributed by atoms with Crippen molar-refractivity contribution in [1.82, 2.24) is 15.5 Å². The van der Waals surface area contributed by atoms with Gasteiger partial charge in [-0.3, -0.25) is 4.99 Å². The fraction of sp³-hybridized carbons (Fsp3) is 0.227. The van der Waals surface area contributed by atoms with Crippen LogP contribution < -0.4 is 11.1 Å². The van der Waals surface area contributed by atoms with Crippen LogP contribution in [0.15, 0.2) is 47.5 Å². The summed E-state index contributed by atoms with van der Waals surface area (Å²) in [6.45, 7) is 3.86. The van der Waals surface area contributed by atoms with Crippen molar-refractivity contribution in [2.75, 3.05) is 25.9 Å². The van der Waals surface area contributed by atoms with Crippen LogP contribution >= 0.6 is 0 Å². The Morgan fingerprint density at radius 2 is 1.93 bits per heavy atom. The number of nitrogens with zero attached hydrogens (tertiary/aromatic N) is 3. The first-order valence-corrected chi connectivity index (χ1v) is 9.27. The van der Waals surface area contributed by atoms with Crippen molar-refractivity contribution >= 4 is 11.9 Å². The van der Waals surface area contributed by atoms with Crippen LogP contribution in [0.5, 0.6) is 5.75 Å². The molecule has 0 amide bonds. The number of benzene rings is 2. The molecule has 28 heavy (non-hydrogen) atoms. The second kappa shape index (κ2) is 7.40. The van der Waals surface area contributed by atoms with Gasteiger partial charge in [0, 0.05) is 49.1 Å². The maximum atomic E-state index is 10.6. The summed E-state index contributed by atoms with van der Waals surface area (Å²) in [6.07, 6.45) is 1.74. The zero-order valence-electron chi connectivity index (χ0n) is 16.0. The Morgan fingerprint density at radius 1 is 1.11 bits per heavy atom. The minimum Gasteiger partial charge on any atom is -0.507 e. The van der Waals surface area contributed by atoms with E-state index in [9.17, 15) is 5.11 Å². The van der Waals surface area contributed by atoms with Gasteiger partial charge in [0.25, 0.3) is 0 Å². The minimum absolute atomic E-state index is 0.171. The first-order valence-electron chi connectivity index (χ1n) is 9.27. The summed E-state index contributed by atoms with van der Waals surface area (Å²) >= 11 is 0. The Hall–Kier alpha value is -3.25. The number of aryl methyl sites for hydroxylation is 1. The minimum atomic E-state index is 0.171. The number of nitrogens with one attached hydrogen (secondary N) is 1. The first-order chi connectivity index (χ1) is 13.6. The molecule has 0 spiro atoms. The van der Waals surface area contributed by atoms with Crippen molar-refractivity contribution in [3.8, 4) is 28.1 Å². The number of aromatic hydroxyl groups is 1. The smallest absolute Gasteiger partial charge is 0.125 e. The summed E-state index contributed by atoms with van der Waals surface area (Å²) in [5.41, 5.74) is 12.9. The molecule has 6 nitrogen and oxygen atoms in total. The monoisotopic (exact) mass is 373 g/mol. The third kappa shape index (κ3) is 3.34. The number of aliphatic imine (C=N–C) groups is 1. The van der Waals surface area contributed by atoms with Gasteiger partial charge in [-0.15, -0.1) is 0 Å². The molecule has 2 heterocycles. The molecule has 0 atom stereocenters. The number of nitrogen functional groups attached to an aromatic ring is 1. The van der Waals surface area contributed by atoms with E-state index >= 15 is 0 Å². The van der Waals surface area contributed by atoms with Crippen LogP contribution in [-0.4, -0.2) is 41.7 Å². The highest BCUT2D eigenvalue weighted by atomic mass is 16.3. The number of hydrogen-bond acceptors (Lipinski definition) is 6. The van der Waals surface area contributed by atoms with Crippen molar-refractivity contribution in [2.45, 2.75) is 12.8 Å². The Labute approximate surface area is 164 Å². The predicted octanol–water partition coefficient (Wildman–Crippen LogP) is 3.14. The highest BCUT2D eigenvalue weighted by Crippen LogP contribution is 2.34. The molecule has 6 heteroatoms. The second-order valence-electron chi connectivity index (χ2n) is 7.11. The number of rotatable bonds is 4. The van der Waals surface area contributed by atoms with Gasteiger partial charge < -0.3 is 16.2 Å². The largest absolute Gasteiger partial charge is 0.507 e. The summed E-state index contributed by atoms with van der Waals surface area (Å²) in [4.78, 5) is 4.07. The third-order valence-corrected chi connectivity index (χ3v) is 5.18. The molecule has 4 rings (SSSR count). The van der Waals surface area contributed by atoms with E-state index < -0.39 is 0 Å². The van der Waals surface area contributed by atoms with Crippen LogP contribution in [0.4, 0.5) is 5.69 Å². The molecule has 0 bridgehead atoms. The highest BCUT2D eigenvalue weighted by Gasteiger charge is 2.20. The molecule has 1 fully saturated rings. The number of phenolic OH excluding ortho intramolecular Hbond substituents is 1. The van der Waals surface area contributed by atoms with Gasteiger partial charge in [-0.1, -0.05) is 6.07 Å². The summed E-state index contributed by atoms with van der Waals surface area (Å²) in [7, 11) is 1.72. The second-order valence-corrected chi connectivity index (χ2v) is 7.11. The van der Waals surface area contributed by atoms with Gasteiger partial charge in [0.2, 0.25) is 0 Å².